The quantitative estimate of drug-likeness (QED) is 0.736. The molecule has 2 saturated heterocycles. The normalized spacial score (nSPS) is 21.0. The molecule has 2 aromatic rings. The lowest BCUT2D eigenvalue weighted by molar-refractivity contribution is 0.00230. The van der Waals surface area contributed by atoms with Gasteiger partial charge in [-0.2, -0.15) is 4.98 Å². The van der Waals surface area contributed by atoms with Crippen LogP contribution in [-0.2, 0) is 15.9 Å². The maximum Gasteiger partial charge on any atom is 0.274 e. The van der Waals surface area contributed by atoms with Crippen LogP contribution in [-0.4, -0.2) is 69.9 Å². The van der Waals surface area contributed by atoms with Crippen molar-refractivity contribution in [1.29, 1.82) is 0 Å². The molecule has 0 spiro atoms. The van der Waals surface area contributed by atoms with Gasteiger partial charge >= 0.3 is 0 Å². The van der Waals surface area contributed by atoms with Crippen molar-refractivity contribution in [3.8, 4) is 0 Å². The molecule has 9 heteroatoms. The Balaban J connectivity index is 1.24. The van der Waals surface area contributed by atoms with Crippen LogP contribution in [0.5, 0.6) is 0 Å². The van der Waals surface area contributed by atoms with Crippen molar-refractivity contribution in [2.45, 2.75) is 44.1 Å². The van der Waals surface area contributed by atoms with Crippen LogP contribution in [0.25, 0.3) is 0 Å². The number of likely N-dealkylation sites (tertiary alicyclic amines) is 1. The predicted molar refractivity (Wildman–Crippen MR) is 97.7 cm³/mol. The predicted octanol–water partition coefficient (Wildman–Crippen LogP) is 1.62. The molecule has 0 N–H and O–H groups in total. The Labute approximate surface area is 163 Å². The second-order valence-electron chi connectivity index (χ2n) is 7.16. The highest BCUT2D eigenvalue weighted by atomic mass is 16.5. The Morgan fingerprint density at radius 1 is 1.25 bits per heavy atom. The molecule has 1 unspecified atom stereocenters. The van der Waals surface area contributed by atoms with E-state index in [4.69, 9.17) is 14.0 Å². The lowest BCUT2D eigenvalue weighted by Gasteiger charge is -2.32. The number of nitrogens with zero attached hydrogens (tertiary/aromatic N) is 5. The molecule has 4 rings (SSSR count). The van der Waals surface area contributed by atoms with Crippen LogP contribution in [0.1, 0.15) is 53.8 Å². The number of aromatic nitrogens is 4. The fraction of sp³-hybridized carbons (Fsp3) is 0.632. The lowest BCUT2D eigenvalue weighted by Crippen LogP contribution is -2.43. The minimum atomic E-state index is -0.0966. The van der Waals surface area contributed by atoms with Crippen LogP contribution in [0.3, 0.4) is 0 Å². The molecule has 150 valence electrons. The van der Waals surface area contributed by atoms with Crippen molar-refractivity contribution >= 4 is 5.91 Å². The number of rotatable bonds is 6. The van der Waals surface area contributed by atoms with Crippen molar-refractivity contribution in [1.82, 2.24) is 25.0 Å². The summed E-state index contributed by atoms with van der Waals surface area (Å²) in [4.78, 5) is 26.9. The number of carbonyl (C=O) groups excluding carboxylic acids is 1. The van der Waals surface area contributed by atoms with Crippen LogP contribution in [0, 0.1) is 0 Å². The van der Waals surface area contributed by atoms with Crippen molar-refractivity contribution < 1.29 is 18.8 Å². The Morgan fingerprint density at radius 2 is 2.14 bits per heavy atom. The molecule has 0 bridgehead atoms. The molecule has 1 atom stereocenters. The van der Waals surface area contributed by atoms with Gasteiger partial charge in [0.2, 0.25) is 5.89 Å². The molecule has 0 saturated carbocycles. The second-order valence-corrected chi connectivity index (χ2v) is 7.16. The molecule has 2 aromatic heterocycles. The van der Waals surface area contributed by atoms with Crippen molar-refractivity contribution in [2.75, 3.05) is 32.9 Å². The zero-order valence-corrected chi connectivity index (χ0v) is 15.8. The van der Waals surface area contributed by atoms with E-state index in [-0.39, 0.29) is 12.0 Å². The Bertz CT molecular complexity index is 763. The monoisotopic (exact) mass is 387 g/mol. The van der Waals surface area contributed by atoms with Gasteiger partial charge < -0.3 is 18.9 Å². The van der Waals surface area contributed by atoms with Gasteiger partial charge in [0.1, 0.15) is 5.69 Å². The van der Waals surface area contributed by atoms with E-state index >= 15 is 0 Å². The van der Waals surface area contributed by atoms with Gasteiger partial charge in [-0.3, -0.25) is 9.78 Å². The van der Waals surface area contributed by atoms with Gasteiger partial charge in [-0.25, -0.2) is 4.98 Å². The van der Waals surface area contributed by atoms with Crippen LogP contribution < -0.4 is 0 Å². The first-order chi connectivity index (χ1) is 13.8. The Morgan fingerprint density at radius 3 is 2.96 bits per heavy atom. The van der Waals surface area contributed by atoms with Gasteiger partial charge in [-0.05, 0) is 25.7 Å². The molecule has 0 radical (unpaired) electrons. The summed E-state index contributed by atoms with van der Waals surface area (Å²) in [5, 5.41) is 4.07. The van der Waals surface area contributed by atoms with Gasteiger partial charge in [0.25, 0.3) is 5.91 Å². The first-order valence-electron chi connectivity index (χ1n) is 9.86. The van der Waals surface area contributed by atoms with E-state index in [1.54, 1.807) is 11.1 Å². The molecule has 2 fully saturated rings. The summed E-state index contributed by atoms with van der Waals surface area (Å²) in [6, 6.07) is 0. The van der Waals surface area contributed by atoms with Crippen LogP contribution >= 0.6 is 0 Å². The van der Waals surface area contributed by atoms with Crippen LogP contribution in [0.4, 0.5) is 0 Å². The molecule has 0 aromatic carbocycles. The first-order valence-corrected chi connectivity index (χ1v) is 9.86. The van der Waals surface area contributed by atoms with E-state index in [2.05, 4.69) is 20.1 Å². The van der Waals surface area contributed by atoms with Crippen molar-refractivity contribution in [3.05, 3.63) is 36.0 Å². The Hall–Kier alpha value is -2.39. The number of hydrogen-bond acceptors (Lipinski definition) is 8. The van der Waals surface area contributed by atoms with E-state index in [9.17, 15) is 4.79 Å². The summed E-state index contributed by atoms with van der Waals surface area (Å²) in [6.07, 6.45) is 8.90. The van der Waals surface area contributed by atoms with Gasteiger partial charge in [-0.1, -0.05) is 5.16 Å². The van der Waals surface area contributed by atoms with Crippen LogP contribution in [0.2, 0.25) is 0 Å². The minimum absolute atomic E-state index is 0.0104. The molecule has 0 aliphatic carbocycles. The summed E-state index contributed by atoms with van der Waals surface area (Å²) in [5.74, 6) is 1.58. The van der Waals surface area contributed by atoms with Gasteiger partial charge in [0, 0.05) is 51.0 Å². The molecule has 28 heavy (non-hydrogen) atoms. The number of piperidine rings is 1. The summed E-state index contributed by atoms with van der Waals surface area (Å²) in [5.41, 5.74) is 0.371. The highest BCUT2D eigenvalue weighted by molar-refractivity contribution is 5.92. The maximum absolute atomic E-state index is 12.5. The van der Waals surface area contributed by atoms with E-state index in [0.29, 0.717) is 49.4 Å². The number of hydrogen-bond donors (Lipinski definition) is 0. The number of amides is 1. The largest absolute Gasteiger partial charge is 0.381 e. The maximum atomic E-state index is 12.5. The average molecular weight is 387 g/mol. The molecule has 4 heterocycles. The zero-order valence-electron chi connectivity index (χ0n) is 15.8. The van der Waals surface area contributed by atoms with Gasteiger partial charge in [0.15, 0.2) is 5.82 Å². The van der Waals surface area contributed by atoms with Crippen LogP contribution in [0.15, 0.2) is 23.1 Å². The fourth-order valence-corrected chi connectivity index (χ4v) is 3.63. The summed E-state index contributed by atoms with van der Waals surface area (Å²) in [7, 11) is 0. The third-order valence-electron chi connectivity index (χ3n) is 5.18. The second kappa shape index (κ2) is 9.20. The molecular weight excluding hydrogens is 362 g/mol. The zero-order chi connectivity index (χ0) is 19.2. The fourth-order valence-electron chi connectivity index (χ4n) is 3.63. The SMILES string of the molecule is O=C(c1cnccn1)N1CCCC(OCCc2noc(C3CCOCC3)n2)C1. The topological polar surface area (TPSA) is 103 Å². The first kappa shape index (κ1) is 18.9. The number of ether oxygens (including phenoxy) is 2. The third kappa shape index (κ3) is 4.71. The molecule has 9 nitrogen and oxygen atoms in total. The summed E-state index contributed by atoms with van der Waals surface area (Å²) in [6.45, 7) is 3.28. The highest BCUT2D eigenvalue weighted by Gasteiger charge is 2.26. The van der Waals surface area contributed by atoms with Crippen molar-refractivity contribution in [3.63, 3.8) is 0 Å². The third-order valence-corrected chi connectivity index (χ3v) is 5.18. The van der Waals surface area contributed by atoms with E-state index < -0.39 is 0 Å². The Kier molecular flexibility index (Phi) is 6.23. The van der Waals surface area contributed by atoms with E-state index in [0.717, 1.165) is 38.9 Å². The molecule has 2 aliphatic rings. The highest BCUT2D eigenvalue weighted by Crippen LogP contribution is 2.25. The summed E-state index contributed by atoms with van der Waals surface area (Å²) < 4.78 is 16.8. The molecular formula is C19H25N5O4. The standard InChI is InChI=1S/C19H25N5O4/c25-19(16-12-20-6-7-21-16)24-8-1-2-15(13-24)27-11-5-17-22-18(28-23-17)14-3-9-26-10-4-14/h6-7,12,14-15H,1-5,8-11,13H2. The number of carbonyl (C=O) groups is 1. The van der Waals surface area contributed by atoms with Crippen molar-refractivity contribution in [2.24, 2.45) is 0 Å². The minimum Gasteiger partial charge on any atom is -0.381 e. The van der Waals surface area contributed by atoms with E-state index in [1.807, 2.05) is 0 Å². The molecule has 2 aliphatic heterocycles. The van der Waals surface area contributed by atoms with Gasteiger partial charge in [-0.15, -0.1) is 0 Å². The average Bonchev–Trinajstić information content (AvgIpc) is 3.24. The smallest absolute Gasteiger partial charge is 0.274 e. The summed E-state index contributed by atoms with van der Waals surface area (Å²) >= 11 is 0. The molecule has 1 amide bonds. The lowest BCUT2D eigenvalue weighted by atomic mass is 10.0. The van der Waals surface area contributed by atoms with Gasteiger partial charge in [0.05, 0.1) is 18.9 Å². The van der Waals surface area contributed by atoms with E-state index in [1.165, 1.54) is 12.4 Å².